The molecule has 0 fully saturated rings. The molecule has 0 bridgehead atoms. The molecular formula is C15H21FN2O4S. The van der Waals surface area contributed by atoms with Gasteiger partial charge in [0, 0.05) is 19.7 Å². The predicted octanol–water partition coefficient (Wildman–Crippen LogP) is 1.44. The van der Waals surface area contributed by atoms with Crippen LogP contribution in [0.2, 0.25) is 0 Å². The fraction of sp³-hybridized carbons (Fsp3) is 0.533. The lowest BCUT2D eigenvalue weighted by Gasteiger charge is -2.22. The SMILES string of the molecule is C[C@H](C(=O)N(C)C)S(=O)(=O)N[C@H]1CCCOc2c(F)cccc21. The molecule has 8 heteroatoms. The molecule has 0 aromatic heterocycles. The van der Waals surface area contributed by atoms with Crippen molar-refractivity contribution in [3.05, 3.63) is 29.6 Å². The van der Waals surface area contributed by atoms with Crippen molar-refractivity contribution in [2.24, 2.45) is 0 Å². The van der Waals surface area contributed by atoms with E-state index in [2.05, 4.69) is 4.72 Å². The number of para-hydroxylation sites is 1. The van der Waals surface area contributed by atoms with Crippen molar-refractivity contribution in [3.63, 3.8) is 0 Å². The minimum atomic E-state index is -3.90. The maximum absolute atomic E-state index is 13.9. The van der Waals surface area contributed by atoms with Gasteiger partial charge in [-0.15, -0.1) is 0 Å². The molecule has 1 aliphatic heterocycles. The number of carbonyl (C=O) groups excluding carboxylic acids is 1. The Morgan fingerprint density at radius 2 is 2.13 bits per heavy atom. The largest absolute Gasteiger partial charge is 0.490 e. The van der Waals surface area contributed by atoms with E-state index in [0.717, 1.165) is 0 Å². The van der Waals surface area contributed by atoms with Gasteiger partial charge in [-0.25, -0.2) is 17.5 Å². The number of nitrogens with zero attached hydrogens (tertiary/aromatic N) is 1. The van der Waals surface area contributed by atoms with E-state index in [4.69, 9.17) is 4.74 Å². The van der Waals surface area contributed by atoms with E-state index in [9.17, 15) is 17.6 Å². The zero-order chi connectivity index (χ0) is 17.2. The number of amides is 1. The normalized spacial score (nSPS) is 19.2. The average Bonchev–Trinajstić information content (AvgIpc) is 2.69. The van der Waals surface area contributed by atoms with Gasteiger partial charge < -0.3 is 9.64 Å². The van der Waals surface area contributed by atoms with Crippen molar-refractivity contribution in [2.45, 2.75) is 31.1 Å². The van der Waals surface area contributed by atoms with E-state index in [1.165, 1.54) is 38.1 Å². The Bertz CT molecular complexity index is 691. The van der Waals surface area contributed by atoms with Crippen LogP contribution in [0.25, 0.3) is 0 Å². The first-order chi connectivity index (χ1) is 10.7. The van der Waals surface area contributed by atoms with Gasteiger partial charge >= 0.3 is 0 Å². The Balaban J connectivity index is 2.30. The number of nitrogens with one attached hydrogen (secondary N) is 1. The average molecular weight is 344 g/mol. The lowest BCUT2D eigenvalue weighted by Crippen LogP contribution is -2.44. The van der Waals surface area contributed by atoms with Crippen LogP contribution in [0.4, 0.5) is 4.39 Å². The number of benzene rings is 1. The summed E-state index contributed by atoms with van der Waals surface area (Å²) in [5.74, 6) is -0.961. The van der Waals surface area contributed by atoms with Crippen molar-refractivity contribution in [3.8, 4) is 5.75 Å². The molecule has 0 saturated heterocycles. The molecule has 0 aliphatic carbocycles. The molecule has 2 rings (SSSR count). The highest BCUT2D eigenvalue weighted by molar-refractivity contribution is 7.90. The van der Waals surface area contributed by atoms with Crippen LogP contribution in [-0.4, -0.2) is 45.2 Å². The summed E-state index contributed by atoms with van der Waals surface area (Å²) in [6, 6.07) is 3.80. The van der Waals surface area contributed by atoms with E-state index < -0.39 is 33.0 Å². The Labute approximate surface area is 135 Å². The summed E-state index contributed by atoms with van der Waals surface area (Å²) >= 11 is 0. The summed E-state index contributed by atoms with van der Waals surface area (Å²) < 4.78 is 46.7. The second kappa shape index (κ2) is 6.84. The fourth-order valence-corrected chi connectivity index (χ4v) is 3.81. The van der Waals surface area contributed by atoms with E-state index in [1.54, 1.807) is 6.07 Å². The van der Waals surface area contributed by atoms with Crippen molar-refractivity contribution in [1.82, 2.24) is 9.62 Å². The molecule has 0 saturated carbocycles. The monoisotopic (exact) mass is 344 g/mol. The van der Waals surface area contributed by atoms with Gasteiger partial charge in [0.05, 0.1) is 12.6 Å². The summed E-state index contributed by atoms with van der Waals surface area (Å²) in [5, 5.41) is -1.22. The number of ether oxygens (including phenoxy) is 1. The highest BCUT2D eigenvalue weighted by atomic mass is 32.2. The number of halogens is 1. The number of hydrogen-bond donors (Lipinski definition) is 1. The van der Waals surface area contributed by atoms with Crippen molar-refractivity contribution in [1.29, 1.82) is 0 Å². The number of carbonyl (C=O) groups is 1. The summed E-state index contributed by atoms with van der Waals surface area (Å²) in [4.78, 5) is 13.2. The lowest BCUT2D eigenvalue weighted by atomic mass is 10.0. The molecule has 1 heterocycles. The summed E-state index contributed by atoms with van der Waals surface area (Å²) in [6.45, 7) is 1.66. The van der Waals surface area contributed by atoms with E-state index in [1.807, 2.05) is 0 Å². The second-order valence-corrected chi connectivity index (χ2v) is 7.77. The fourth-order valence-electron chi connectivity index (χ4n) is 2.49. The van der Waals surface area contributed by atoms with Gasteiger partial charge in [0.1, 0.15) is 0 Å². The third-order valence-corrected chi connectivity index (χ3v) is 5.56. The van der Waals surface area contributed by atoms with Crippen molar-refractivity contribution in [2.75, 3.05) is 20.7 Å². The van der Waals surface area contributed by atoms with Gasteiger partial charge in [0.15, 0.2) is 16.8 Å². The smallest absolute Gasteiger partial charge is 0.241 e. The Hall–Kier alpha value is -1.67. The van der Waals surface area contributed by atoms with Gasteiger partial charge in [-0.05, 0) is 25.8 Å². The first-order valence-electron chi connectivity index (χ1n) is 7.37. The Kier molecular flexibility index (Phi) is 5.26. The van der Waals surface area contributed by atoms with Crippen LogP contribution in [0.3, 0.4) is 0 Å². The van der Waals surface area contributed by atoms with Gasteiger partial charge in [-0.2, -0.15) is 0 Å². The van der Waals surface area contributed by atoms with Crippen LogP contribution in [0.15, 0.2) is 18.2 Å². The standard InChI is InChI=1S/C15H21FN2O4S/c1-10(15(19)18(2)3)23(20,21)17-13-8-5-9-22-14-11(13)6-4-7-12(14)16/h4,6-7,10,13,17H,5,8-9H2,1-3H3/t10-,13+/m1/s1. The molecule has 0 unspecified atom stereocenters. The van der Waals surface area contributed by atoms with E-state index in [-0.39, 0.29) is 5.75 Å². The van der Waals surface area contributed by atoms with Gasteiger partial charge in [-0.3, -0.25) is 4.79 Å². The summed E-state index contributed by atoms with van der Waals surface area (Å²) in [7, 11) is -0.898. The molecule has 0 spiro atoms. The van der Waals surface area contributed by atoms with Crippen LogP contribution >= 0.6 is 0 Å². The Morgan fingerprint density at radius 1 is 1.43 bits per heavy atom. The minimum absolute atomic E-state index is 0.0734. The molecule has 1 aromatic carbocycles. The summed E-state index contributed by atoms with van der Waals surface area (Å²) in [5.41, 5.74) is 0.454. The van der Waals surface area contributed by atoms with Gasteiger partial charge in [-0.1, -0.05) is 12.1 Å². The lowest BCUT2D eigenvalue weighted by molar-refractivity contribution is -0.127. The molecule has 0 radical (unpaired) electrons. The molecule has 128 valence electrons. The zero-order valence-electron chi connectivity index (χ0n) is 13.4. The maximum atomic E-state index is 13.9. The number of sulfonamides is 1. The highest BCUT2D eigenvalue weighted by Crippen LogP contribution is 2.34. The highest BCUT2D eigenvalue weighted by Gasteiger charge is 2.33. The number of hydrogen-bond acceptors (Lipinski definition) is 4. The first-order valence-corrected chi connectivity index (χ1v) is 8.92. The molecular weight excluding hydrogens is 323 g/mol. The molecule has 6 nitrogen and oxygen atoms in total. The number of fused-ring (bicyclic) bond motifs is 1. The molecule has 1 aromatic rings. The molecule has 1 N–H and O–H groups in total. The molecule has 1 amide bonds. The van der Waals surface area contributed by atoms with Crippen LogP contribution in [0, 0.1) is 5.82 Å². The van der Waals surface area contributed by atoms with E-state index in [0.29, 0.717) is 25.0 Å². The van der Waals surface area contributed by atoms with Crippen LogP contribution < -0.4 is 9.46 Å². The zero-order valence-corrected chi connectivity index (χ0v) is 14.2. The number of rotatable bonds is 4. The van der Waals surface area contributed by atoms with Crippen LogP contribution in [-0.2, 0) is 14.8 Å². The third-order valence-electron chi connectivity index (χ3n) is 3.82. The first kappa shape index (κ1) is 17.7. The van der Waals surface area contributed by atoms with Gasteiger partial charge in [0.25, 0.3) is 0 Å². The van der Waals surface area contributed by atoms with Crippen molar-refractivity contribution >= 4 is 15.9 Å². The van der Waals surface area contributed by atoms with Crippen LogP contribution in [0.1, 0.15) is 31.4 Å². The second-order valence-electron chi connectivity index (χ2n) is 5.74. The third kappa shape index (κ3) is 3.81. The maximum Gasteiger partial charge on any atom is 0.241 e. The molecule has 1 aliphatic rings. The predicted molar refractivity (Wildman–Crippen MR) is 84.1 cm³/mol. The topological polar surface area (TPSA) is 75.7 Å². The molecule has 2 atom stereocenters. The van der Waals surface area contributed by atoms with Gasteiger partial charge in [0.2, 0.25) is 15.9 Å². The minimum Gasteiger partial charge on any atom is -0.490 e. The van der Waals surface area contributed by atoms with E-state index >= 15 is 0 Å². The Morgan fingerprint density at radius 3 is 2.78 bits per heavy atom. The quantitative estimate of drug-likeness (QED) is 0.897. The summed E-state index contributed by atoms with van der Waals surface area (Å²) in [6.07, 6.45) is 1.05. The van der Waals surface area contributed by atoms with Crippen molar-refractivity contribution < 1.29 is 22.3 Å². The molecule has 23 heavy (non-hydrogen) atoms. The van der Waals surface area contributed by atoms with Crippen LogP contribution in [0.5, 0.6) is 5.75 Å².